The minimum atomic E-state index is -4.06. The predicted molar refractivity (Wildman–Crippen MR) is 64.9 cm³/mol. The van der Waals surface area contributed by atoms with Crippen LogP contribution in [0.2, 0.25) is 0 Å². The van der Waals surface area contributed by atoms with Crippen molar-refractivity contribution in [2.75, 3.05) is 19.6 Å². The Morgan fingerprint density at radius 3 is 2.06 bits per heavy atom. The number of hydrogen-bond donors (Lipinski definition) is 1. The molecule has 0 aliphatic heterocycles. The van der Waals surface area contributed by atoms with Crippen molar-refractivity contribution in [3.05, 3.63) is 0 Å². The number of nitrogens with zero attached hydrogens (tertiary/aromatic N) is 1. The van der Waals surface area contributed by atoms with Crippen molar-refractivity contribution < 1.29 is 13.2 Å². The van der Waals surface area contributed by atoms with E-state index in [1.54, 1.807) is 0 Å². The zero-order valence-corrected chi connectivity index (χ0v) is 11.1. The number of rotatable bonds is 8. The maximum Gasteiger partial charge on any atom is 0.389 e. The zero-order valence-electron chi connectivity index (χ0n) is 11.1. The summed E-state index contributed by atoms with van der Waals surface area (Å²) in [7, 11) is 0. The molecule has 0 spiro atoms. The van der Waals surface area contributed by atoms with Crippen LogP contribution in [0.4, 0.5) is 13.2 Å². The van der Waals surface area contributed by atoms with E-state index >= 15 is 0 Å². The van der Waals surface area contributed by atoms with Gasteiger partial charge in [0.25, 0.3) is 0 Å². The SMILES string of the molecule is CCCN(CC)C(C)(CN)CCCC(F)(F)F. The van der Waals surface area contributed by atoms with E-state index in [1.807, 2.05) is 13.8 Å². The van der Waals surface area contributed by atoms with E-state index in [4.69, 9.17) is 5.73 Å². The Balaban J connectivity index is 4.34. The van der Waals surface area contributed by atoms with E-state index in [0.717, 1.165) is 19.5 Å². The number of halogens is 3. The monoisotopic (exact) mass is 254 g/mol. The Morgan fingerprint density at radius 2 is 1.71 bits per heavy atom. The van der Waals surface area contributed by atoms with E-state index in [1.165, 1.54) is 0 Å². The van der Waals surface area contributed by atoms with Gasteiger partial charge in [-0.15, -0.1) is 0 Å². The summed E-state index contributed by atoms with van der Waals surface area (Å²) in [5, 5.41) is 0. The molecule has 5 heteroatoms. The van der Waals surface area contributed by atoms with Gasteiger partial charge in [0.15, 0.2) is 0 Å². The van der Waals surface area contributed by atoms with Crippen molar-refractivity contribution in [3.63, 3.8) is 0 Å². The average Bonchev–Trinajstić information content (AvgIpc) is 2.23. The highest BCUT2D eigenvalue weighted by Gasteiger charge is 2.32. The number of likely N-dealkylation sites (N-methyl/N-ethyl adjacent to an activating group) is 1. The van der Waals surface area contributed by atoms with Gasteiger partial charge in [-0.3, -0.25) is 4.90 Å². The van der Waals surface area contributed by atoms with Crippen molar-refractivity contribution in [1.29, 1.82) is 0 Å². The molecule has 0 aromatic heterocycles. The van der Waals surface area contributed by atoms with Crippen LogP contribution in [0.25, 0.3) is 0 Å². The molecule has 0 amide bonds. The molecule has 1 unspecified atom stereocenters. The van der Waals surface area contributed by atoms with Gasteiger partial charge in [-0.1, -0.05) is 13.8 Å². The first-order chi connectivity index (χ1) is 7.79. The van der Waals surface area contributed by atoms with Gasteiger partial charge in [0.1, 0.15) is 0 Å². The molecule has 0 rings (SSSR count). The highest BCUT2D eigenvalue weighted by atomic mass is 19.4. The summed E-state index contributed by atoms with van der Waals surface area (Å²) >= 11 is 0. The predicted octanol–water partition coefficient (Wildman–Crippen LogP) is 3.17. The van der Waals surface area contributed by atoms with Gasteiger partial charge in [0, 0.05) is 18.5 Å². The normalized spacial score (nSPS) is 16.2. The highest BCUT2D eigenvalue weighted by molar-refractivity contribution is 4.86. The highest BCUT2D eigenvalue weighted by Crippen LogP contribution is 2.27. The lowest BCUT2D eigenvalue weighted by atomic mass is 9.92. The maximum atomic E-state index is 12.1. The molecule has 2 nitrogen and oxygen atoms in total. The molecule has 0 aliphatic carbocycles. The lowest BCUT2D eigenvalue weighted by Gasteiger charge is -2.40. The summed E-state index contributed by atoms with van der Waals surface area (Å²) in [6, 6.07) is 0. The molecule has 0 bridgehead atoms. The molecular weight excluding hydrogens is 229 g/mol. The van der Waals surface area contributed by atoms with Crippen molar-refractivity contribution >= 4 is 0 Å². The van der Waals surface area contributed by atoms with E-state index in [-0.39, 0.29) is 12.0 Å². The molecule has 0 fully saturated rings. The van der Waals surface area contributed by atoms with Gasteiger partial charge in [-0.05, 0) is 39.3 Å². The van der Waals surface area contributed by atoms with Crippen LogP contribution >= 0.6 is 0 Å². The molecule has 0 aromatic carbocycles. The maximum absolute atomic E-state index is 12.1. The summed E-state index contributed by atoms with van der Waals surface area (Å²) in [5.74, 6) is 0. The third kappa shape index (κ3) is 6.27. The topological polar surface area (TPSA) is 29.3 Å². The Kier molecular flexibility index (Phi) is 7.09. The second-order valence-electron chi connectivity index (χ2n) is 4.75. The number of nitrogens with two attached hydrogens (primary N) is 1. The standard InChI is InChI=1S/C12H25F3N2/c1-4-9-17(5-2)11(3,10-16)7-6-8-12(13,14)15/h4-10,16H2,1-3H3. The lowest BCUT2D eigenvalue weighted by Crippen LogP contribution is -2.52. The van der Waals surface area contributed by atoms with Crippen molar-refractivity contribution in [1.82, 2.24) is 4.90 Å². The fourth-order valence-electron chi connectivity index (χ4n) is 2.14. The number of hydrogen-bond acceptors (Lipinski definition) is 2. The van der Waals surface area contributed by atoms with Gasteiger partial charge in [-0.2, -0.15) is 13.2 Å². The first kappa shape index (κ1) is 16.7. The van der Waals surface area contributed by atoms with E-state index in [9.17, 15) is 13.2 Å². The molecule has 2 N–H and O–H groups in total. The van der Waals surface area contributed by atoms with Crippen LogP contribution in [0.15, 0.2) is 0 Å². The molecule has 17 heavy (non-hydrogen) atoms. The van der Waals surface area contributed by atoms with E-state index in [2.05, 4.69) is 11.8 Å². The van der Waals surface area contributed by atoms with E-state index in [0.29, 0.717) is 13.0 Å². The Bertz CT molecular complexity index is 206. The first-order valence-electron chi connectivity index (χ1n) is 6.31. The second-order valence-corrected chi connectivity index (χ2v) is 4.75. The molecule has 0 saturated heterocycles. The van der Waals surface area contributed by atoms with Gasteiger partial charge in [0.05, 0.1) is 0 Å². The average molecular weight is 254 g/mol. The van der Waals surface area contributed by atoms with Crippen LogP contribution in [0.5, 0.6) is 0 Å². The van der Waals surface area contributed by atoms with Gasteiger partial charge < -0.3 is 5.73 Å². The van der Waals surface area contributed by atoms with Crippen molar-refractivity contribution in [2.24, 2.45) is 5.73 Å². The molecule has 0 aromatic rings. The van der Waals surface area contributed by atoms with Gasteiger partial charge in [0.2, 0.25) is 0 Å². The molecule has 0 aliphatic rings. The van der Waals surface area contributed by atoms with Crippen LogP contribution in [-0.4, -0.2) is 36.2 Å². The molecule has 0 radical (unpaired) electrons. The summed E-state index contributed by atoms with van der Waals surface area (Å²) < 4.78 is 36.4. The Morgan fingerprint density at radius 1 is 1.12 bits per heavy atom. The lowest BCUT2D eigenvalue weighted by molar-refractivity contribution is -0.136. The van der Waals surface area contributed by atoms with Crippen LogP contribution in [-0.2, 0) is 0 Å². The summed E-state index contributed by atoms with van der Waals surface area (Å²) in [4.78, 5) is 2.18. The van der Waals surface area contributed by atoms with Crippen molar-refractivity contribution in [2.45, 2.75) is 58.2 Å². The molecule has 1 atom stereocenters. The fourth-order valence-corrected chi connectivity index (χ4v) is 2.14. The van der Waals surface area contributed by atoms with E-state index < -0.39 is 12.6 Å². The van der Waals surface area contributed by atoms with Gasteiger partial charge in [-0.25, -0.2) is 0 Å². The minimum absolute atomic E-state index is 0.150. The van der Waals surface area contributed by atoms with Gasteiger partial charge >= 0.3 is 6.18 Å². The molecule has 0 heterocycles. The number of alkyl halides is 3. The molecular formula is C12H25F3N2. The summed E-state index contributed by atoms with van der Waals surface area (Å²) in [6.45, 7) is 8.16. The minimum Gasteiger partial charge on any atom is -0.329 e. The van der Waals surface area contributed by atoms with Crippen molar-refractivity contribution in [3.8, 4) is 0 Å². The summed E-state index contributed by atoms with van der Waals surface area (Å²) in [5.41, 5.74) is 5.43. The van der Waals surface area contributed by atoms with Crippen LogP contribution in [0.3, 0.4) is 0 Å². The largest absolute Gasteiger partial charge is 0.389 e. The quantitative estimate of drug-likeness (QED) is 0.721. The Labute approximate surface area is 102 Å². The second kappa shape index (κ2) is 7.21. The fraction of sp³-hybridized carbons (Fsp3) is 1.00. The third-order valence-electron chi connectivity index (χ3n) is 3.25. The summed E-state index contributed by atoms with van der Waals surface area (Å²) in [6.07, 6.45) is -3.14. The smallest absolute Gasteiger partial charge is 0.329 e. The van der Waals surface area contributed by atoms with Crippen LogP contribution in [0, 0.1) is 0 Å². The molecule has 104 valence electrons. The molecule has 0 saturated carbocycles. The van der Waals surface area contributed by atoms with Crippen LogP contribution in [0.1, 0.15) is 46.5 Å². The zero-order chi connectivity index (χ0) is 13.5. The first-order valence-corrected chi connectivity index (χ1v) is 6.31. The van der Waals surface area contributed by atoms with Crippen LogP contribution < -0.4 is 5.73 Å². The third-order valence-corrected chi connectivity index (χ3v) is 3.25. The Hall–Kier alpha value is -0.290.